The summed E-state index contributed by atoms with van der Waals surface area (Å²) in [5.41, 5.74) is 2.70. The standard InChI is InChI=1S/C15H13N3O.ClH/c1-19-14(16)11-4-6-13(7-5-11)18-10-8-12-3-2-9-17-15(12)18;/h2-10,16H,1H3;1H. The fourth-order valence-corrected chi connectivity index (χ4v) is 2.07. The molecule has 3 aromatic rings. The van der Waals surface area contributed by atoms with Crippen molar-refractivity contribution in [3.63, 3.8) is 0 Å². The molecule has 0 saturated heterocycles. The number of methoxy groups -OCH3 is 1. The third-order valence-corrected chi connectivity index (χ3v) is 3.06. The Hall–Kier alpha value is -2.33. The molecular weight excluding hydrogens is 274 g/mol. The summed E-state index contributed by atoms with van der Waals surface area (Å²) in [6, 6.07) is 13.6. The first kappa shape index (κ1) is 14.1. The van der Waals surface area contributed by atoms with Crippen LogP contribution in [0, 0.1) is 5.41 Å². The lowest BCUT2D eigenvalue weighted by Crippen LogP contribution is -2.01. The molecule has 102 valence electrons. The quantitative estimate of drug-likeness (QED) is 0.580. The smallest absolute Gasteiger partial charge is 0.212 e. The normalized spacial score (nSPS) is 10.1. The SMILES string of the molecule is COC(=N)c1ccc(-n2ccc3cccnc32)cc1.Cl. The largest absolute Gasteiger partial charge is 0.481 e. The Morgan fingerprint density at radius 3 is 2.60 bits per heavy atom. The van der Waals surface area contributed by atoms with Crippen LogP contribution in [0.15, 0.2) is 54.9 Å². The minimum atomic E-state index is 0. The third-order valence-electron chi connectivity index (χ3n) is 3.06. The summed E-state index contributed by atoms with van der Waals surface area (Å²) in [4.78, 5) is 4.39. The minimum Gasteiger partial charge on any atom is -0.481 e. The zero-order chi connectivity index (χ0) is 13.2. The highest BCUT2D eigenvalue weighted by atomic mass is 35.5. The maximum atomic E-state index is 7.61. The summed E-state index contributed by atoms with van der Waals surface area (Å²) in [5, 5.41) is 8.72. The molecule has 0 aliphatic carbocycles. The van der Waals surface area contributed by atoms with E-state index < -0.39 is 0 Å². The second kappa shape index (κ2) is 5.75. The average molecular weight is 288 g/mol. The molecule has 4 nitrogen and oxygen atoms in total. The van der Waals surface area contributed by atoms with E-state index in [9.17, 15) is 0 Å². The van der Waals surface area contributed by atoms with Gasteiger partial charge in [0, 0.05) is 29.0 Å². The van der Waals surface area contributed by atoms with E-state index in [1.807, 2.05) is 53.2 Å². The number of aromatic nitrogens is 2. The molecule has 0 atom stereocenters. The molecule has 20 heavy (non-hydrogen) atoms. The molecule has 0 saturated carbocycles. The van der Waals surface area contributed by atoms with Gasteiger partial charge in [0.1, 0.15) is 5.65 Å². The first-order valence-corrected chi connectivity index (χ1v) is 5.95. The topological polar surface area (TPSA) is 50.9 Å². The molecule has 0 bridgehead atoms. The minimum absolute atomic E-state index is 0. The van der Waals surface area contributed by atoms with Gasteiger partial charge in [0.05, 0.1) is 7.11 Å². The molecule has 3 rings (SSSR count). The van der Waals surface area contributed by atoms with Gasteiger partial charge in [-0.15, -0.1) is 12.4 Å². The number of halogens is 1. The highest BCUT2D eigenvalue weighted by molar-refractivity contribution is 5.91. The van der Waals surface area contributed by atoms with Crippen LogP contribution in [-0.4, -0.2) is 22.6 Å². The Bertz CT molecular complexity index is 734. The second-order valence-electron chi connectivity index (χ2n) is 4.18. The van der Waals surface area contributed by atoms with Crippen molar-refractivity contribution in [2.75, 3.05) is 7.11 Å². The number of hydrogen-bond acceptors (Lipinski definition) is 3. The van der Waals surface area contributed by atoms with E-state index in [1.54, 1.807) is 6.20 Å². The molecule has 0 amide bonds. The van der Waals surface area contributed by atoms with E-state index in [1.165, 1.54) is 7.11 Å². The molecular formula is C15H14ClN3O. The average Bonchev–Trinajstić information content (AvgIpc) is 2.90. The molecule has 1 aromatic carbocycles. The van der Waals surface area contributed by atoms with Crippen molar-refractivity contribution in [2.45, 2.75) is 0 Å². The number of nitrogens with zero attached hydrogens (tertiary/aromatic N) is 2. The van der Waals surface area contributed by atoms with Crippen molar-refractivity contribution < 1.29 is 4.74 Å². The van der Waals surface area contributed by atoms with Crippen LogP contribution in [0.5, 0.6) is 0 Å². The molecule has 0 unspecified atom stereocenters. The molecule has 1 N–H and O–H groups in total. The van der Waals surface area contributed by atoms with Crippen molar-refractivity contribution in [3.05, 3.63) is 60.4 Å². The summed E-state index contributed by atoms with van der Waals surface area (Å²) < 4.78 is 6.92. The summed E-state index contributed by atoms with van der Waals surface area (Å²) >= 11 is 0. The first-order valence-electron chi connectivity index (χ1n) is 5.95. The zero-order valence-corrected chi connectivity index (χ0v) is 11.7. The Morgan fingerprint density at radius 2 is 1.90 bits per heavy atom. The zero-order valence-electron chi connectivity index (χ0n) is 10.9. The van der Waals surface area contributed by atoms with E-state index in [0.29, 0.717) is 0 Å². The van der Waals surface area contributed by atoms with Crippen LogP contribution in [0.2, 0.25) is 0 Å². The van der Waals surface area contributed by atoms with Crippen molar-refractivity contribution in [1.29, 1.82) is 5.41 Å². The molecule has 2 heterocycles. The fourth-order valence-electron chi connectivity index (χ4n) is 2.07. The van der Waals surface area contributed by atoms with Gasteiger partial charge in [-0.05, 0) is 42.5 Å². The van der Waals surface area contributed by atoms with Gasteiger partial charge < -0.3 is 9.30 Å². The van der Waals surface area contributed by atoms with E-state index in [0.717, 1.165) is 22.3 Å². The number of hydrogen-bond donors (Lipinski definition) is 1. The maximum absolute atomic E-state index is 7.61. The van der Waals surface area contributed by atoms with Gasteiger partial charge in [-0.25, -0.2) is 4.98 Å². The van der Waals surface area contributed by atoms with Gasteiger partial charge in [0.25, 0.3) is 0 Å². The van der Waals surface area contributed by atoms with Crippen LogP contribution >= 0.6 is 12.4 Å². The van der Waals surface area contributed by atoms with Gasteiger partial charge in [0.15, 0.2) is 0 Å². The van der Waals surface area contributed by atoms with Gasteiger partial charge in [-0.1, -0.05) is 0 Å². The number of pyridine rings is 1. The van der Waals surface area contributed by atoms with E-state index in [4.69, 9.17) is 10.1 Å². The van der Waals surface area contributed by atoms with E-state index >= 15 is 0 Å². The molecule has 5 heteroatoms. The van der Waals surface area contributed by atoms with Crippen molar-refractivity contribution in [2.24, 2.45) is 0 Å². The Morgan fingerprint density at radius 1 is 1.15 bits per heavy atom. The number of fused-ring (bicyclic) bond motifs is 1. The van der Waals surface area contributed by atoms with Crippen LogP contribution in [0.4, 0.5) is 0 Å². The van der Waals surface area contributed by atoms with Crippen molar-refractivity contribution in [3.8, 4) is 5.69 Å². The molecule has 0 radical (unpaired) electrons. The molecule has 0 aliphatic rings. The van der Waals surface area contributed by atoms with Crippen LogP contribution in [0.25, 0.3) is 16.7 Å². The Balaban J connectivity index is 0.00000147. The third kappa shape index (κ3) is 2.38. The highest BCUT2D eigenvalue weighted by Crippen LogP contribution is 2.18. The Labute approximate surface area is 122 Å². The molecule has 0 spiro atoms. The second-order valence-corrected chi connectivity index (χ2v) is 4.18. The predicted molar refractivity (Wildman–Crippen MR) is 82.2 cm³/mol. The summed E-state index contributed by atoms with van der Waals surface area (Å²) in [6.45, 7) is 0. The van der Waals surface area contributed by atoms with Gasteiger partial charge >= 0.3 is 0 Å². The van der Waals surface area contributed by atoms with Gasteiger partial charge in [-0.3, -0.25) is 5.41 Å². The number of rotatable bonds is 2. The van der Waals surface area contributed by atoms with Crippen LogP contribution in [-0.2, 0) is 4.74 Å². The maximum Gasteiger partial charge on any atom is 0.212 e. The van der Waals surface area contributed by atoms with Crippen LogP contribution in [0.3, 0.4) is 0 Å². The number of ether oxygens (including phenoxy) is 1. The highest BCUT2D eigenvalue weighted by Gasteiger charge is 2.05. The Kier molecular flexibility index (Phi) is 4.05. The lowest BCUT2D eigenvalue weighted by Gasteiger charge is -2.06. The predicted octanol–water partition coefficient (Wildman–Crippen LogP) is 3.42. The van der Waals surface area contributed by atoms with Crippen LogP contribution < -0.4 is 0 Å². The number of nitrogens with one attached hydrogen (secondary N) is 1. The molecule has 0 aliphatic heterocycles. The lowest BCUT2D eigenvalue weighted by molar-refractivity contribution is 0.401. The van der Waals surface area contributed by atoms with E-state index in [2.05, 4.69) is 4.98 Å². The molecule has 0 fully saturated rings. The summed E-state index contributed by atoms with van der Waals surface area (Å²) in [5.74, 6) is 0.169. The number of benzene rings is 1. The van der Waals surface area contributed by atoms with Gasteiger partial charge in [0.2, 0.25) is 5.90 Å². The van der Waals surface area contributed by atoms with Crippen molar-refractivity contribution in [1.82, 2.24) is 9.55 Å². The summed E-state index contributed by atoms with van der Waals surface area (Å²) in [6.07, 6.45) is 3.78. The fraction of sp³-hybridized carbons (Fsp3) is 0.0667. The van der Waals surface area contributed by atoms with Gasteiger partial charge in [-0.2, -0.15) is 0 Å². The monoisotopic (exact) mass is 287 g/mol. The summed E-state index contributed by atoms with van der Waals surface area (Å²) in [7, 11) is 1.50. The lowest BCUT2D eigenvalue weighted by atomic mass is 10.2. The van der Waals surface area contributed by atoms with Crippen LogP contribution in [0.1, 0.15) is 5.56 Å². The first-order chi connectivity index (χ1) is 9.29. The van der Waals surface area contributed by atoms with E-state index in [-0.39, 0.29) is 18.3 Å². The van der Waals surface area contributed by atoms with Crippen molar-refractivity contribution >= 4 is 29.3 Å². The molecule has 2 aromatic heterocycles.